The van der Waals surface area contributed by atoms with Gasteiger partial charge in [0.25, 0.3) is 0 Å². The molecule has 0 spiro atoms. The minimum atomic E-state index is 0.183. The molecule has 2 unspecified atom stereocenters. The normalized spacial score (nSPS) is 16.6. The second-order valence-electron chi connectivity index (χ2n) is 10.6. The fraction of sp³-hybridized carbons (Fsp3) is 0.222. The monoisotopic (exact) mass is 494 g/mol. The molecule has 2 nitrogen and oxygen atoms in total. The molecule has 0 fully saturated rings. The van der Waals surface area contributed by atoms with Gasteiger partial charge in [-0.25, -0.2) is 0 Å². The fourth-order valence-corrected chi connectivity index (χ4v) is 7.07. The summed E-state index contributed by atoms with van der Waals surface area (Å²) >= 11 is 0. The molecule has 2 heteroatoms. The quantitative estimate of drug-likeness (QED) is 0.218. The fourth-order valence-electron chi connectivity index (χ4n) is 7.07. The highest BCUT2D eigenvalue weighted by Gasteiger charge is 2.42. The van der Waals surface area contributed by atoms with E-state index in [1.54, 1.807) is 0 Å². The van der Waals surface area contributed by atoms with E-state index in [9.17, 15) is 0 Å². The van der Waals surface area contributed by atoms with Crippen LogP contribution in [0.25, 0.3) is 21.8 Å². The number of para-hydroxylation sites is 2. The lowest BCUT2D eigenvalue weighted by atomic mass is 9.72. The number of benzene rings is 4. The summed E-state index contributed by atoms with van der Waals surface area (Å²) in [5.41, 5.74) is 11.4. The third-order valence-corrected chi connectivity index (χ3v) is 8.39. The molecular weight excluding hydrogens is 460 g/mol. The summed E-state index contributed by atoms with van der Waals surface area (Å²) in [5.74, 6) is 0.367. The molecule has 1 aliphatic rings. The van der Waals surface area contributed by atoms with Crippen molar-refractivity contribution >= 4 is 21.8 Å². The summed E-state index contributed by atoms with van der Waals surface area (Å²) in [4.78, 5) is 0. The first kappa shape index (κ1) is 23.1. The number of aromatic nitrogens is 2. The van der Waals surface area contributed by atoms with E-state index < -0.39 is 0 Å². The summed E-state index contributed by atoms with van der Waals surface area (Å²) in [6.07, 6.45) is 2.21. The van der Waals surface area contributed by atoms with E-state index >= 15 is 0 Å². The SMILES string of the molecule is CCCn1c2c(c3ccccc31)C(c1ccccc1)c1c(c3ccccc3n1CCC)C2c1ccccc1. The van der Waals surface area contributed by atoms with Gasteiger partial charge >= 0.3 is 0 Å². The summed E-state index contributed by atoms with van der Waals surface area (Å²) in [6, 6.07) is 40.7. The summed E-state index contributed by atoms with van der Waals surface area (Å²) in [5, 5.41) is 2.79. The van der Waals surface area contributed by atoms with E-state index in [0.717, 1.165) is 25.9 Å². The highest BCUT2D eigenvalue weighted by Crippen LogP contribution is 2.55. The number of rotatable bonds is 6. The molecular formula is C36H34N2. The molecule has 38 heavy (non-hydrogen) atoms. The molecule has 0 saturated carbocycles. The Balaban J connectivity index is 1.70. The highest BCUT2D eigenvalue weighted by molar-refractivity contribution is 5.94. The molecule has 0 bridgehead atoms. The average molecular weight is 495 g/mol. The van der Waals surface area contributed by atoms with Crippen molar-refractivity contribution in [2.75, 3.05) is 0 Å². The molecule has 0 aliphatic heterocycles. The summed E-state index contributed by atoms with van der Waals surface area (Å²) < 4.78 is 5.29. The molecule has 0 radical (unpaired) electrons. The van der Waals surface area contributed by atoms with E-state index in [1.165, 1.54) is 55.4 Å². The van der Waals surface area contributed by atoms with Gasteiger partial charge in [0.05, 0.1) is 11.8 Å². The number of fused-ring (bicyclic) bond motifs is 6. The minimum Gasteiger partial charge on any atom is -0.343 e. The van der Waals surface area contributed by atoms with E-state index in [-0.39, 0.29) is 11.8 Å². The van der Waals surface area contributed by atoms with Crippen LogP contribution in [0.15, 0.2) is 109 Å². The Labute approximate surface area is 225 Å². The lowest BCUT2D eigenvalue weighted by Gasteiger charge is -2.34. The van der Waals surface area contributed by atoms with Crippen LogP contribution in [0.3, 0.4) is 0 Å². The van der Waals surface area contributed by atoms with E-state index in [0.29, 0.717) is 0 Å². The molecule has 2 aromatic heterocycles. The van der Waals surface area contributed by atoms with Gasteiger partial charge < -0.3 is 9.13 Å². The first-order chi connectivity index (χ1) is 18.8. The highest BCUT2D eigenvalue weighted by atomic mass is 15.0. The van der Waals surface area contributed by atoms with Crippen LogP contribution >= 0.6 is 0 Å². The van der Waals surface area contributed by atoms with Gasteiger partial charge in [-0.2, -0.15) is 0 Å². The second kappa shape index (κ2) is 9.36. The molecule has 2 atom stereocenters. The van der Waals surface area contributed by atoms with Gasteiger partial charge in [0.1, 0.15) is 0 Å². The van der Waals surface area contributed by atoms with E-state index in [2.05, 4.69) is 132 Å². The van der Waals surface area contributed by atoms with Crippen LogP contribution in [0.5, 0.6) is 0 Å². The third-order valence-electron chi connectivity index (χ3n) is 8.39. The Morgan fingerprint density at radius 2 is 0.842 bits per heavy atom. The topological polar surface area (TPSA) is 9.86 Å². The Hall–Kier alpha value is -4.04. The second-order valence-corrected chi connectivity index (χ2v) is 10.6. The van der Waals surface area contributed by atoms with Gasteiger partial charge in [0.15, 0.2) is 0 Å². The van der Waals surface area contributed by atoms with Gasteiger partial charge in [-0.3, -0.25) is 0 Å². The van der Waals surface area contributed by atoms with E-state index in [1.807, 2.05) is 0 Å². The number of hydrogen-bond acceptors (Lipinski definition) is 0. The summed E-state index contributed by atoms with van der Waals surface area (Å²) in [6.45, 7) is 6.64. The van der Waals surface area contributed by atoms with Crippen LogP contribution in [-0.4, -0.2) is 9.13 Å². The minimum absolute atomic E-state index is 0.183. The number of hydrogen-bond donors (Lipinski definition) is 0. The predicted octanol–water partition coefficient (Wildman–Crippen LogP) is 9.09. The Kier molecular flexibility index (Phi) is 5.69. The zero-order valence-electron chi connectivity index (χ0n) is 22.3. The first-order valence-corrected chi connectivity index (χ1v) is 14.1. The van der Waals surface area contributed by atoms with Crippen LogP contribution in [0.4, 0.5) is 0 Å². The maximum absolute atomic E-state index is 2.65. The van der Waals surface area contributed by atoms with Crippen LogP contribution < -0.4 is 0 Å². The molecule has 2 heterocycles. The standard InChI is InChI=1S/C36H34N2/c1-3-23-37-29-21-13-11-19-27(29)33-32(26-17-9-6-10-18-26)36-34(31(35(33)37)25-15-7-5-8-16-25)28-20-12-14-22-30(28)38(36)24-4-2/h5-22,31-32H,3-4,23-24H2,1-2H3. The molecule has 7 rings (SSSR count). The van der Waals surface area contributed by atoms with Gasteiger partial charge in [-0.15, -0.1) is 0 Å². The van der Waals surface area contributed by atoms with Crippen molar-refractivity contribution in [3.8, 4) is 0 Å². The van der Waals surface area contributed by atoms with Crippen molar-refractivity contribution in [1.29, 1.82) is 0 Å². The smallest absolute Gasteiger partial charge is 0.0520 e. The number of aryl methyl sites for hydroxylation is 2. The summed E-state index contributed by atoms with van der Waals surface area (Å²) in [7, 11) is 0. The molecule has 0 saturated heterocycles. The van der Waals surface area contributed by atoms with Crippen LogP contribution in [-0.2, 0) is 13.1 Å². The molecule has 188 valence electrons. The van der Waals surface area contributed by atoms with E-state index in [4.69, 9.17) is 0 Å². The maximum Gasteiger partial charge on any atom is 0.0520 e. The van der Waals surface area contributed by atoms with Crippen LogP contribution in [0.1, 0.15) is 72.2 Å². The van der Waals surface area contributed by atoms with Crippen molar-refractivity contribution in [1.82, 2.24) is 9.13 Å². The van der Waals surface area contributed by atoms with Crippen LogP contribution in [0, 0.1) is 0 Å². The first-order valence-electron chi connectivity index (χ1n) is 14.1. The predicted molar refractivity (Wildman–Crippen MR) is 159 cm³/mol. The van der Waals surface area contributed by atoms with Gasteiger partial charge in [-0.1, -0.05) is 111 Å². The van der Waals surface area contributed by atoms with Crippen molar-refractivity contribution < 1.29 is 0 Å². The molecule has 0 N–H and O–H groups in total. The maximum atomic E-state index is 2.65. The van der Waals surface area contributed by atoms with Crippen LogP contribution in [0.2, 0.25) is 0 Å². The lowest BCUT2D eigenvalue weighted by Crippen LogP contribution is -2.24. The third kappa shape index (κ3) is 3.33. The van der Waals surface area contributed by atoms with Crippen molar-refractivity contribution in [2.24, 2.45) is 0 Å². The van der Waals surface area contributed by atoms with Gasteiger partial charge in [0, 0.05) is 46.3 Å². The molecule has 6 aromatic rings. The zero-order valence-corrected chi connectivity index (χ0v) is 22.3. The molecule has 1 aliphatic carbocycles. The lowest BCUT2D eigenvalue weighted by molar-refractivity contribution is 0.613. The number of nitrogens with zero attached hydrogens (tertiary/aromatic N) is 2. The van der Waals surface area contributed by atoms with Crippen molar-refractivity contribution in [3.05, 3.63) is 143 Å². The van der Waals surface area contributed by atoms with Crippen molar-refractivity contribution in [2.45, 2.75) is 51.6 Å². The Morgan fingerprint density at radius 1 is 0.474 bits per heavy atom. The largest absolute Gasteiger partial charge is 0.343 e. The zero-order chi connectivity index (χ0) is 25.6. The average Bonchev–Trinajstić information content (AvgIpc) is 3.47. The molecule has 0 amide bonds. The molecule has 4 aromatic carbocycles. The Morgan fingerprint density at radius 3 is 1.24 bits per heavy atom. The van der Waals surface area contributed by atoms with Gasteiger partial charge in [0.2, 0.25) is 0 Å². The Bertz CT molecular complexity index is 1610. The van der Waals surface area contributed by atoms with Gasteiger partial charge in [-0.05, 0) is 47.2 Å². The van der Waals surface area contributed by atoms with Crippen molar-refractivity contribution in [3.63, 3.8) is 0 Å².